The number of nitrogens with one attached hydrogen (secondary N) is 1. The monoisotopic (exact) mass is 368 g/mol. The maximum atomic E-state index is 12.4. The van der Waals surface area contributed by atoms with Gasteiger partial charge in [-0.15, -0.1) is 0 Å². The second-order valence-electron chi connectivity index (χ2n) is 4.86. The largest absolute Gasteiger partial charge is 0.347 e. The Labute approximate surface area is 126 Å². The fourth-order valence-electron chi connectivity index (χ4n) is 1.92. The van der Waals surface area contributed by atoms with Crippen molar-refractivity contribution in [1.29, 1.82) is 0 Å². The predicted molar refractivity (Wildman–Crippen MR) is 86.7 cm³/mol. The summed E-state index contributed by atoms with van der Waals surface area (Å²) in [6.45, 7) is 4.22. The summed E-state index contributed by atoms with van der Waals surface area (Å²) >= 11 is 2.30. The summed E-state index contributed by atoms with van der Waals surface area (Å²) in [6, 6.07) is 9.92. The Hall–Kier alpha value is -1.17. The Bertz CT molecular complexity index is 578. The van der Waals surface area contributed by atoms with Crippen LogP contribution < -0.4 is 5.32 Å². The van der Waals surface area contributed by atoms with Crippen molar-refractivity contribution in [2.24, 2.45) is 5.92 Å². The maximum Gasteiger partial charge on any atom is 0.270 e. The molecule has 0 fully saturated rings. The average Bonchev–Trinajstić information content (AvgIpc) is 2.43. The van der Waals surface area contributed by atoms with E-state index in [1.165, 1.54) is 0 Å². The molecule has 1 aromatic carbocycles. The van der Waals surface area contributed by atoms with Crippen LogP contribution in [0.3, 0.4) is 0 Å². The second kappa shape index (κ2) is 6.32. The Morgan fingerprint density at radius 1 is 1.32 bits per heavy atom. The lowest BCUT2D eigenvalue weighted by Gasteiger charge is -2.20. The smallest absolute Gasteiger partial charge is 0.270 e. The molecule has 19 heavy (non-hydrogen) atoms. The number of fused-ring (bicyclic) bond motifs is 1. The molecule has 0 bridgehead atoms. The lowest BCUT2D eigenvalue weighted by molar-refractivity contribution is 0.0929. The lowest BCUT2D eigenvalue weighted by Crippen LogP contribution is -2.40. The number of carbonyl (C=O) groups is 1. The number of nitrogens with zero attached hydrogens (tertiary/aromatic N) is 1. The summed E-state index contributed by atoms with van der Waals surface area (Å²) in [7, 11) is 0. The first kappa shape index (κ1) is 14.2. The molecule has 100 valence electrons. The van der Waals surface area contributed by atoms with Crippen molar-refractivity contribution in [3.63, 3.8) is 0 Å². The SMILES string of the molecule is CC(C)C(CI)NC(=O)c1nccc2ccccc12. The summed E-state index contributed by atoms with van der Waals surface area (Å²) in [6.07, 6.45) is 1.69. The number of amides is 1. The Balaban J connectivity index is 2.31. The average molecular weight is 368 g/mol. The van der Waals surface area contributed by atoms with Gasteiger partial charge in [-0.3, -0.25) is 9.78 Å². The van der Waals surface area contributed by atoms with Crippen LogP contribution in [0.25, 0.3) is 10.8 Å². The molecule has 2 rings (SSSR count). The molecular weight excluding hydrogens is 351 g/mol. The zero-order chi connectivity index (χ0) is 13.8. The molecule has 3 nitrogen and oxygen atoms in total. The van der Waals surface area contributed by atoms with Crippen molar-refractivity contribution in [2.75, 3.05) is 4.43 Å². The maximum absolute atomic E-state index is 12.4. The molecule has 0 radical (unpaired) electrons. The van der Waals surface area contributed by atoms with E-state index in [9.17, 15) is 4.79 Å². The Kier molecular flexibility index (Phi) is 4.74. The standard InChI is InChI=1S/C15H17IN2O/c1-10(2)13(9-16)18-15(19)14-12-6-4-3-5-11(12)7-8-17-14/h3-8,10,13H,9H2,1-2H3,(H,18,19). The Morgan fingerprint density at radius 2 is 2.05 bits per heavy atom. The molecule has 0 aliphatic rings. The molecule has 1 heterocycles. The van der Waals surface area contributed by atoms with E-state index in [1.54, 1.807) is 6.20 Å². The van der Waals surface area contributed by atoms with Gasteiger partial charge in [0.1, 0.15) is 5.69 Å². The van der Waals surface area contributed by atoms with Gasteiger partial charge in [-0.25, -0.2) is 0 Å². The zero-order valence-electron chi connectivity index (χ0n) is 11.1. The van der Waals surface area contributed by atoms with E-state index in [2.05, 4.69) is 46.7 Å². The lowest BCUT2D eigenvalue weighted by atomic mass is 10.1. The molecule has 1 atom stereocenters. The normalized spacial score (nSPS) is 12.6. The van der Waals surface area contributed by atoms with Gasteiger partial charge in [0.05, 0.1) is 0 Å². The van der Waals surface area contributed by atoms with Crippen molar-refractivity contribution in [3.8, 4) is 0 Å². The molecule has 0 aliphatic carbocycles. The summed E-state index contributed by atoms with van der Waals surface area (Å²) < 4.78 is 0.895. The molecule has 1 N–H and O–H groups in total. The van der Waals surface area contributed by atoms with E-state index >= 15 is 0 Å². The van der Waals surface area contributed by atoms with E-state index in [-0.39, 0.29) is 11.9 Å². The second-order valence-corrected chi connectivity index (χ2v) is 5.74. The molecular formula is C15H17IN2O. The van der Waals surface area contributed by atoms with Crippen molar-refractivity contribution in [2.45, 2.75) is 19.9 Å². The van der Waals surface area contributed by atoms with E-state index in [0.29, 0.717) is 11.6 Å². The third-order valence-electron chi connectivity index (χ3n) is 3.18. The van der Waals surface area contributed by atoms with Crippen LogP contribution in [0, 0.1) is 5.92 Å². The molecule has 0 saturated carbocycles. The topological polar surface area (TPSA) is 42.0 Å². The first-order valence-corrected chi connectivity index (χ1v) is 7.86. The predicted octanol–water partition coefficient (Wildman–Crippen LogP) is 3.42. The van der Waals surface area contributed by atoms with Gasteiger partial charge in [0, 0.05) is 22.1 Å². The van der Waals surface area contributed by atoms with Crippen LogP contribution in [0.1, 0.15) is 24.3 Å². The van der Waals surface area contributed by atoms with E-state index in [1.807, 2.05) is 30.3 Å². The van der Waals surface area contributed by atoms with Gasteiger partial charge in [0.2, 0.25) is 0 Å². The number of hydrogen-bond donors (Lipinski definition) is 1. The zero-order valence-corrected chi connectivity index (χ0v) is 13.2. The van der Waals surface area contributed by atoms with Gasteiger partial charge in [-0.1, -0.05) is 60.7 Å². The van der Waals surface area contributed by atoms with E-state index in [4.69, 9.17) is 0 Å². The molecule has 4 heteroatoms. The van der Waals surface area contributed by atoms with Crippen LogP contribution in [0.4, 0.5) is 0 Å². The number of alkyl halides is 1. The highest BCUT2D eigenvalue weighted by Crippen LogP contribution is 2.16. The first-order chi connectivity index (χ1) is 9.13. The van der Waals surface area contributed by atoms with Crippen LogP contribution in [0.15, 0.2) is 36.5 Å². The molecule has 2 aromatic rings. The van der Waals surface area contributed by atoms with E-state index < -0.39 is 0 Å². The van der Waals surface area contributed by atoms with Crippen LogP contribution >= 0.6 is 22.6 Å². The summed E-state index contributed by atoms with van der Waals surface area (Å²) in [5, 5.41) is 5.01. The highest BCUT2D eigenvalue weighted by Gasteiger charge is 2.18. The number of rotatable bonds is 4. The summed E-state index contributed by atoms with van der Waals surface area (Å²) in [5.74, 6) is 0.322. The van der Waals surface area contributed by atoms with Gasteiger partial charge in [-0.2, -0.15) is 0 Å². The van der Waals surface area contributed by atoms with Crippen molar-refractivity contribution >= 4 is 39.3 Å². The number of benzene rings is 1. The van der Waals surface area contributed by atoms with E-state index in [0.717, 1.165) is 15.2 Å². The van der Waals surface area contributed by atoms with Gasteiger partial charge in [0.15, 0.2) is 0 Å². The van der Waals surface area contributed by atoms with Crippen LogP contribution in [-0.2, 0) is 0 Å². The molecule has 1 unspecified atom stereocenters. The molecule has 1 amide bonds. The summed E-state index contributed by atoms with van der Waals surface area (Å²) in [4.78, 5) is 16.6. The minimum Gasteiger partial charge on any atom is -0.347 e. The number of halogens is 1. The van der Waals surface area contributed by atoms with Gasteiger partial charge in [-0.05, 0) is 17.4 Å². The van der Waals surface area contributed by atoms with Crippen molar-refractivity contribution in [3.05, 3.63) is 42.2 Å². The molecule has 0 aliphatic heterocycles. The Morgan fingerprint density at radius 3 is 2.74 bits per heavy atom. The number of aromatic nitrogens is 1. The van der Waals surface area contributed by atoms with Gasteiger partial charge >= 0.3 is 0 Å². The van der Waals surface area contributed by atoms with Crippen LogP contribution in [0.5, 0.6) is 0 Å². The van der Waals surface area contributed by atoms with Crippen molar-refractivity contribution in [1.82, 2.24) is 10.3 Å². The highest BCUT2D eigenvalue weighted by molar-refractivity contribution is 14.1. The number of carbonyl (C=O) groups excluding carboxylic acids is 1. The minimum absolute atomic E-state index is 0.0906. The molecule has 0 saturated heterocycles. The van der Waals surface area contributed by atoms with Crippen molar-refractivity contribution < 1.29 is 4.79 Å². The third kappa shape index (κ3) is 3.23. The fourth-order valence-corrected chi connectivity index (χ4v) is 3.16. The fraction of sp³-hybridized carbons (Fsp3) is 0.333. The minimum atomic E-state index is -0.0906. The van der Waals surface area contributed by atoms with Gasteiger partial charge in [0.25, 0.3) is 5.91 Å². The summed E-state index contributed by atoms with van der Waals surface area (Å²) in [5.41, 5.74) is 0.508. The number of hydrogen-bond acceptors (Lipinski definition) is 2. The van der Waals surface area contributed by atoms with Gasteiger partial charge < -0.3 is 5.32 Å². The number of pyridine rings is 1. The first-order valence-electron chi connectivity index (χ1n) is 6.34. The quantitative estimate of drug-likeness (QED) is 0.664. The van der Waals surface area contributed by atoms with Crippen LogP contribution in [-0.4, -0.2) is 21.4 Å². The van der Waals surface area contributed by atoms with Crippen LogP contribution in [0.2, 0.25) is 0 Å². The third-order valence-corrected chi connectivity index (χ3v) is 4.13. The molecule has 1 aromatic heterocycles. The highest BCUT2D eigenvalue weighted by atomic mass is 127. The molecule has 0 spiro atoms.